The number of thiazole rings is 1. The first-order chi connectivity index (χ1) is 12.1. The molecule has 0 saturated heterocycles. The fraction of sp³-hybridized carbons (Fsp3) is 0.111. The lowest BCUT2D eigenvalue weighted by atomic mass is 10.2. The standard InChI is InChI=1S/C18H13N3O3S/c1-11-16(25-17(21-11)13-5-3-4-8-20-13)18(22)24-14-7-6-12(10-19)9-15(14)23-2/h3-9H,1-2H3. The molecule has 0 amide bonds. The number of aryl methyl sites for hydroxylation is 1. The number of pyridine rings is 1. The Morgan fingerprint density at radius 1 is 1.24 bits per heavy atom. The number of hydrogen-bond donors (Lipinski definition) is 0. The molecule has 3 rings (SSSR count). The molecule has 0 N–H and O–H groups in total. The molecule has 0 aliphatic rings. The monoisotopic (exact) mass is 351 g/mol. The van der Waals surface area contributed by atoms with Crippen LogP contribution in [0.2, 0.25) is 0 Å². The molecule has 0 saturated carbocycles. The number of ether oxygens (including phenoxy) is 2. The summed E-state index contributed by atoms with van der Waals surface area (Å²) in [6.07, 6.45) is 1.67. The van der Waals surface area contributed by atoms with Gasteiger partial charge in [0.05, 0.1) is 30.1 Å². The normalized spacial score (nSPS) is 10.1. The average Bonchev–Trinajstić information content (AvgIpc) is 3.04. The van der Waals surface area contributed by atoms with E-state index in [1.165, 1.54) is 30.6 Å². The van der Waals surface area contributed by atoms with Crippen LogP contribution in [0.15, 0.2) is 42.6 Å². The van der Waals surface area contributed by atoms with Gasteiger partial charge in [0.15, 0.2) is 11.5 Å². The van der Waals surface area contributed by atoms with E-state index < -0.39 is 5.97 Å². The van der Waals surface area contributed by atoms with Crippen molar-refractivity contribution in [3.63, 3.8) is 0 Å². The summed E-state index contributed by atoms with van der Waals surface area (Å²) >= 11 is 1.22. The zero-order chi connectivity index (χ0) is 17.8. The van der Waals surface area contributed by atoms with Gasteiger partial charge in [0, 0.05) is 12.3 Å². The van der Waals surface area contributed by atoms with E-state index in [9.17, 15) is 4.79 Å². The Bertz CT molecular complexity index is 961. The zero-order valence-corrected chi connectivity index (χ0v) is 14.3. The number of nitrogens with zero attached hydrogens (tertiary/aromatic N) is 3. The molecule has 0 fully saturated rings. The zero-order valence-electron chi connectivity index (χ0n) is 13.5. The molecule has 0 aliphatic carbocycles. The van der Waals surface area contributed by atoms with Crippen LogP contribution in [-0.2, 0) is 0 Å². The van der Waals surface area contributed by atoms with Crippen LogP contribution in [0, 0.1) is 18.3 Å². The minimum atomic E-state index is -0.528. The number of hydrogen-bond acceptors (Lipinski definition) is 7. The maximum absolute atomic E-state index is 12.5. The number of carbonyl (C=O) groups is 1. The molecule has 0 radical (unpaired) electrons. The Labute approximate surface area is 148 Å². The summed E-state index contributed by atoms with van der Waals surface area (Å²) in [6, 6.07) is 12.1. The number of carbonyl (C=O) groups excluding carboxylic acids is 1. The van der Waals surface area contributed by atoms with Gasteiger partial charge in [-0.05, 0) is 31.2 Å². The van der Waals surface area contributed by atoms with Crippen LogP contribution in [0.1, 0.15) is 20.9 Å². The first kappa shape index (κ1) is 16.6. The van der Waals surface area contributed by atoms with E-state index in [0.717, 1.165) is 0 Å². The highest BCUT2D eigenvalue weighted by Gasteiger charge is 2.20. The van der Waals surface area contributed by atoms with Crippen molar-refractivity contribution in [2.75, 3.05) is 7.11 Å². The van der Waals surface area contributed by atoms with Gasteiger partial charge in [0.1, 0.15) is 9.88 Å². The van der Waals surface area contributed by atoms with Crippen LogP contribution in [-0.4, -0.2) is 23.0 Å². The third-order valence-corrected chi connectivity index (χ3v) is 4.52. The van der Waals surface area contributed by atoms with E-state index in [1.807, 2.05) is 24.3 Å². The third kappa shape index (κ3) is 3.49. The molecule has 2 aromatic heterocycles. The lowest BCUT2D eigenvalue weighted by molar-refractivity contribution is 0.0734. The fourth-order valence-electron chi connectivity index (χ4n) is 2.15. The predicted molar refractivity (Wildman–Crippen MR) is 92.7 cm³/mol. The van der Waals surface area contributed by atoms with Gasteiger partial charge in [-0.25, -0.2) is 9.78 Å². The second-order valence-electron chi connectivity index (χ2n) is 5.02. The van der Waals surface area contributed by atoms with Gasteiger partial charge in [0.25, 0.3) is 0 Å². The van der Waals surface area contributed by atoms with Crippen molar-refractivity contribution in [1.82, 2.24) is 9.97 Å². The summed E-state index contributed by atoms with van der Waals surface area (Å²) in [7, 11) is 1.45. The van der Waals surface area contributed by atoms with Gasteiger partial charge in [-0.1, -0.05) is 6.07 Å². The molecule has 0 spiro atoms. The minimum absolute atomic E-state index is 0.249. The lowest BCUT2D eigenvalue weighted by Gasteiger charge is -2.08. The Hall–Kier alpha value is -3.24. The highest BCUT2D eigenvalue weighted by Crippen LogP contribution is 2.31. The quantitative estimate of drug-likeness (QED) is 0.527. The van der Waals surface area contributed by atoms with Crippen molar-refractivity contribution in [1.29, 1.82) is 5.26 Å². The first-order valence-corrected chi connectivity index (χ1v) is 8.13. The molecule has 6 nitrogen and oxygen atoms in total. The van der Waals surface area contributed by atoms with Gasteiger partial charge in [-0.3, -0.25) is 4.98 Å². The van der Waals surface area contributed by atoms with E-state index in [4.69, 9.17) is 14.7 Å². The largest absolute Gasteiger partial charge is 0.493 e. The smallest absolute Gasteiger partial charge is 0.355 e. The summed E-state index contributed by atoms with van der Waals surface area (Å²) < 4.78 is 10.6. The molecule has 7 heteroatoms. The van der Waals surface area contributed by atoms with Crippen molar-refractivity contribution < 1.29 is 14.3 Å². The van der Waals surface area contributed by atoms with Crippen LogP contribution in [0.3, 0.4) is 0 Å². The van der Waals surface area contributed by atoms with Gasteiger partial charge >= 0.3 is 5.97 Å². The SMILES string of the molecule is COc1cc(C#N)ccc1OC(=O)c1sc(-c2ccccn2)nc1C. The summed E-state index contributed by atoms with van der Waals surface area (Å²) in [5, 5.41) is 9.58. The van der Waals surface area contributed by atoms with Crippen molar-refractivity contribution >= 4 is 17.3 Å². The van der Waals surface area contributed by atoms with Crippen LogP contribution in [0.4, 0.5) is 0 Å². The molecule has 0 bridgehead atoms. The van der Waals surface area contributed by atoms with Gasteiger partial charge in [-0.2, -0.15) is 5.26 Å². The summed E-state index contributed by atoms with van der Waals surface area (Å²) in [4.78, 5) is 21.5. The Morgan fingerprint density at radius 2 is 2.08 bits per heavy atom. The van der Waals surface area contributed by atoms with Crippen LogP contribution in [0.25, 0.3) is 10.7 Å². The molecule has 124 valence electrons. The van der Waals surface area contributed by atoms with Gasteiger partial charge in [-0.15, -0.1) is 11.3 Å². The molecule has 3 aromatic rings. The molecular formula is C18H13N3O3S. The van der Waals surface area contributed by atoms with E-state index in [2.05, 4.69) is 9.97 Å². The van der Waals surface area contributed by atoms with E-state index >= 15 is 0 Å². The Kier molecular flexibility index (Phi) is 4.73. The van der Waals surface area contributed by atoms with Gasteiger partial charge < -0.3 is 9.47 Å². The van der Waals surface area contributed by atoms with Crippen LogP contribution < -0.4 is 9.47 Å². The fourth-order valence-corrected chi connectivity index (χ4v) is 3.07. The van der Waals surface area contributed by atoms with Crippen molar-refractivity contribution in [2.24, 2.45) is 0 Å². The summed E-state index contributed by atoms with van der Waals surface area (Å²) in [6.45, 7) is 1.75. The Morgan fingerprint density at radius 3 is 2.76 bits per heavy atom. The maximum Gasteiger partial charge on any atom is 0.355 e. The summed E-state index contributed by atoms with van der Waals surface area (Å²) in [5.41, 5.74) is 1.69. The Balaban J connectivity index is 1.88. The van der Waals surface area contributed by atoms with Crippen molar-refractivity contribution in [3.8, 4) is 28.3 Å². The topological polar surface area (TPSA) is 85.1 Å². The molecule has 0 aliphatic heterocycles. The molecule has 0 unspecified atom stereocenters. The van der Waals surface area contributed by atoms with Crippen molar-refractivity contribution in [3.05, 3.63) is 58.7 Å². The number of benzene rings is 1. The number of esters is 1. The second kappa shape index (κ2) is 7.11. The van der Waals surface area contributed by atoms with E-state index in [0.29, 0.717) is 32.6 Å². The van der Waals surface area contributed by atoms with E-state index in [1.54, 1.807) is 19.2 Å². The number of rotatable bonds is 4. The summed E-state index contributed by atoms with van der Waals surface area (Å²) in [5.74, 6) is 0.0402. The number of nitriles is 1. The maximum atomic E-state index is 12.5. The number of aromatic nitrogens is 2. The average molecular weight is 351 g/mol. The van der Waals surface area contributed by atoms with Crippen molar-refractivity contribution in [2.45, 2.75) is 6.92 Å². The van der Waals surface area contributed by atoms with Gasteiger partial charge in [0.2, 0.25) is 0 Å². The van der Waals surface area contributed by atoms with Crippen LogP contribution >= 0.6 is 11.3 Å². The third-order valence-electron chi connectivity index (χ3n) is 3.36. The number of methoxy groups -OCH3 is 1. The first-order valence-electron chi connectivity index (χ1n) is 7.31. The molecule has 25 heavy (non-hydrogen) atoms. The molecule has 1 aromatic carbocycles. The predicted octanol–water partition coefficient (Wildman–Crippen LogP) is 3.61. The molecule has 0 atom stereocenters. The second-order valence-corrected chi connectivity index (χ2v) is 6.01. The highest BCUT2D eigenvalue weighted by atomic mass is 32.1. The van der Waals surface area contributed by atoms with E-state index in [-0.39, 0.29) is 5.75 Å². The highest BCUT2D eigenvalue weighted by molar-refractivity contribution is 7.17. The van der Waals surface area contributed by atoms with Crippen LogP contribution in [0.5, 0.6) is 11.5 Å². The molecular weight excluding hydrogens is 338 g/mol. The minimum Gasteiger partial charge on any atom is -0.493 e. The lowest BCUT2D eigenvalue weighted by Crippen LogP contribution is -2.09. The molecule has 2 heterocycles.